The van der Waals surface area contributed by atoms with E-state index in [4.69, 9.17) is 4.74 Å². The lowest BCUT2D eigenvalue weighted by Crippen LogP contribution is -2.19. The number of ether oxygens (including phenoxy) is 1. The largest absolute Gasteiger partial charge is 0.498 e. The zero-order valence-electron chi connectivity index (χ0n) is 16.4. The van der Waals surface area contributed by atoms with Crippen LogP contribution >= 0.6 is 0 Å². The van der Waals surface area contributed by atoms with Crippen LogP contribution in [0.1, 0.15) is 40.5 Å². The summed E-state index contributed by atoms with van der Waals surface area (Å²) in [5, 5.41) is 19.3. The summed E-state index contributed by atoms with van der Waals surface area (Å²) in [5.74, 6) is 0.382. The quantitative estimate of drug-likeness (QED) is 0.482. The van der Waals surface area contributed by atoms with Crippen molar-refractivity contribution in [1.29, 1.82) is 0 Å². The molecule has 3 N–H and O–H groups in total. The third-order valence-electron chi connectivity index (χ3n) is 5.06. The summed E-state index contributed by atoms with van der Waals surface area (Å²) >= 11 is 0. The molecule has 3 rings (SSSR count). The minimum absolute atomic E-state index is 0.359. The van der Waals surface area contributed by atoms with Crippen LogP contribution in [-0.2, 0) is 17.6 Å². The molecule has 148 valence electrons. The zero-order chi connectivity index (χ0) is 19.9. The fourth-order valence-corrected chi connectivity index (χ4v) is 3.49. The molecule has 6 nitrogen and oxygen atoms in total. The Labute approximate surface area is 165 Å². The highest BCUT2D eigenvalue weighted by atomic mass is 16.5. The third kappa shape index (κ3) is 5.10. The molecule has 1 aromatic heterocycles. The number of allylic oxidation sites excluding steroid dienone is 3. The molecule has 2 aromatic rings. The lowest BCUT2D eigenvalue weighted by atomic mass is 9.83. The number of aryl methyl sites for hydroxylation is 1. The average Bonchev–Trinajstić information content (AvgIpc) is 3.23. The Morgan fingerprint density at radius 2 is 2.21 bits per heavy atom. The molecule has 1 aliphatic carbocycles. The summed E-state index contributed by atoms with van der Waals surface area (Å²) in [4.78, 5) is 11.2. The van der Waals surface area contributed by atoms with Crippen LogP contribution in [0.25, 0.3) is 5.57 Å². The number of likely N-dealkylation sites (N-methyl/N-ethyl adjacent to an activating group) is 1. The molecular formula is C22H27N3O3. The van der Waals surface area contributed by atoms with E-state index >= 15 is 0 Å². The number of nitrogens with zero attached hydrogens (tertiary/aromatic N) is 1. The minimum Gasteiger partial charge on any atom is -0.498 e. The topological polar surface area (TPSA) is 87.2 Å². The van der Waals surface area contributed by atoms with Gasteiger partial charge in [0.25, 0.3) is 0 Å². The van der Waals surface area contributed by atoms with E-state index in [2.05, 4.69) is 15.5 Å². The molecule has 0 saturated heterocycles. The molecule has 6 heteroatoms. The van der Waals surface area contributed by atoms with Gasteiger partial charge in [-0.3, -0.25) is 5.10 Å². The van der Waals surface area contributed by atoms with Crippen molar-refractivity contribution < 1.29 is 14.6 Å². The first-order valence-corrected chi connectivity index (χ1v) is 9.56. The van der Waals surface area contributed by atoms with Gasteiger partial charge in [-0.1, -0.05) is 12.1 Å². The Kier molecular flexibility index (Phi) is 6.66. The number of aromatic carboxylic acids is 1. The second-order valence-corrected chi connectivity index (χ2v) is 7.18. The van der Waals surface area contributed by atoms with Crippen molar-refractivity contribution in [2.45, 2.75) is 26.2 Å². The Hall–Kier alpha value is -2.86. The van der Waals surface area contributed by atoms with Crippen LogP contribution in [0, 0.1) is 5.92 Å². The number of hydrogen-bond acceptors (Lipinski definition) is 4. The van der Waals surface area contributed by atoms with Crippen molar-refractivity contribution in [3.63, 3.8) is 0 Å². The number of carboxylic acid groups (broad SMARTS) is 1. The Balaban J connectivity index is 1.59. The SMILES string of the molecule is CNC/C(=C\C=C(/C)OCC1CCc2ccc(C(=O)O)cc2C1)c1ccn[nH]1. The number of carbonyl (C=O) groups is 1. The normalized spacial score (nSPS) is 17.3. The van der Waals surface area contributed by atoms with Crippen molar-refractivity contribution in [1.82, 2.24) is 15.5 Å². The molecule has 1 aromatic carbocycles. The predicted octanol–water partition coefficient (Wildman–Crippen LogP) is 3.44. The highest BCUT2D eigenvalue weighted by Gasteiger charge is 2.20. The zero-order valence-corrected chi connectivity index (χ0v) is 16.4. The fourth-order valence-electron chi connectivity index (χ4n) is 3.49. The van der Waals surface area contributed by atoms with Gasteiger partial charge in [0.15, 0.2) is 0 Å². The van der Waals surface area contributed by atoms with Gasteiger partial charge in [-0.25, -0.2) is 4.79 Å². The maximum absolute atomic E-state index is 11.2. The van der Waals surface area contributed by atoms with Gasteiger partial charge >= 0.3 is 5.97 Å². The predicted molar refractivity (Wildman–Crippen MR) is 109 cm³/mol. The summed E-state index contributed by atoms with van der Waals surface area (Å²) in [6.07, 6.45) is 8.64. The van der Waals surface area contributed by atoms with Gasteiger partial charge in [0.05, 0.1) is 23.6 Å². The van der Waals surface area contributed by atoms with E-state index in [0.717, 1.165) is 48.4 Å². The van der Waals surface area contributed by atoms with Crippen LogP contribution in [0.15, 0.2) is 48.4 Å². The summed E-state index contributed by atoms with van der Waals surface area (Å²) in [5.41, 5.74) is 4.84. The number of aromatic nitrogens is 2. The Morgan fingerprint density at radius 1 is 1.36 bits per heavy atom. The first kappa shape index (κ1) is 19.9. The molecule has 28 heavy (non-hydrogen) atoms. The molecule has 0 spiro atoms. The highest BCUT2D eigenvalue weighted by Crippen LogP contribution is 2.27. The standard InChI is InChI=1S/C22H27N3O3/c1-15(3-5-19(13-23-2)21-9-10-24-25-21)28-14-16-4-6-17-7-8-18(22(26)27)12-20(17)11-16/h3,5,7-10,12,16,23H,4,6,11,13-14H2,1-2H3,(H,24,25)(H,26,27)/b15-3+,19-5+. The van der Waals surface area contributed by atoms with E-state index in [-0.39, 0.29) is 0 Å². The van der Waals surface area contributed by atoms with E-state index in [9.17, 15) is 9.90 Å². The number of nitrogens with one attached hydrogen (secondary N) is 2. The molecule has 1 atom stereocenters. The summed E-state index contributed by atoms with van der Waals surface area (Å²) in [7, 11) is 1.91. The molecule has 0 amide bonds. The number of H-pyrrole nitrogens is 1. The molecule has 0 aliphatic heterocycles. The van der Waals surface area contributed by atoms with E-state index in [1.54, 1.807) is 12.3 Å². The van der Waals surface area contributed by atoms with Crippen LogP contribution in [-0.4, -0.2) is 41.5 Å². The van der Waals surface area contributed by atoms with Crippen molar-refractivity contribution >= 4 is 11.5 Å². The second-order valence-electron chi connectivity index (χ2n) is 7.18. The van der Waals surface area contributed by atoms with Gasteiger partial charge in [0.1, 0.15) is 0 Å². The van der Waals surface area contributed by atoms with Gasteiger partial charge in [0.2, 0.25) is 0 Å². The van der Waals surface area contributed by atoms with Gasteiger partial charge in [0, 0.05) is 12.7 Å². The van der Waals surface area contributed by atoms with Crippen molar-refractivity contribution in [2.75, 3.05) is 20.2 Å². The molecule has 0 fully saturated rings. The summed E-state index contributed by atoms with van der Waals surface area (Å²) in [6, 6.07) is 7.39. The molecule has 0 saturated carbocycles. The maximum atomic E-state index is 11.2. The van der Waals surface area contributed by atoms with E-state index < -0.39 is 5.97 Å². The lowest BCUT2D eigenvalue weighted by Gasteiger charge is -2.25. The van der Waals surface area contributed by atoms with Gasteiger partial charge in [-0.2, -0.15) is 5.10 Å². The summed E-state index contributed by atoms with van der Waals surface area (Å²) < 4.78 is 5.97. The van der Waals surface area contributed by atoms with Gasteiger partial charge < -0.3 is 15.2 Å². The smallest absolute Gasteiger partial charge is 0.335 e. The Morgan fingerprint density at radius 3 is 2.93 bits per heavy atom. The van der Waals surface area contributed by atoms with Gasteiger partial charge in [-0.05, 0) is 80.1 Å². The fraction of sp³-hybridized carbons (Fsp3) is 0.364. The number of hydrogen-bond donors (Lipinski definition) is 3. The van der Waals surface area contributed by atoms with E-state index in [1.165, 1.54) is 5.56 Å². The number of aromatic amines is 1. The Bertz CT molecular complexity index is 869. The summed E-state index contributed by atoms with van der Waals surface area (Å²) in [6.45, 7) is 3.33. The maximum Gasteiger partial charge on any atom is 0.335 e. The van der Waals surface area contributed by atoms with Crippen LogP contribution in [0.4, 0.5) is 0 Å². The van der Waals surface area contributed by atoms with Crippen molar-refractivity contribution in [3.8, 4) is 0 Å². The molecule has 1 unspecified atom stereocenters. The molecule has 1 heterocycles. The molecular weight excluding hydrogens is 354 g/mol. The highest BCUT2D eigenvalue weighted by molar-refractivity contribution is 5.87. The lowest BCUT2D eigenvalue weighted by molar-refractivity contribution is 0.0696. The number of carboxylic acids is 1. The molecule has 0 bridgehead atoms. The monoisotopic (exact) mass is 381 g/mol. The molecule has 1 aliphatic rings. The first-order chi connectivity index (χ1) is 13.6. The van der Waals surface area contributed by atoms with Crippen LogP contribution in [0.3, 0.4) is 0 Å². The first-order valence-electron chi connectivity index (χ1n) is 9.56. The second kappa shape index (κ2) is 9.37. The van der Waals surface area contributed by atoms with Crippen LogP contribution in [0.2, 0.25) is 0 Å². The van der Waals surface area contributed by atoms with Crippen LogP contribution in [0.5, 0.6) is 0 Å². The minimum atomic E-state index is -0.874. The van der Waals surface area contributed by atoms with Crippen molar-refractivity contribution in [2.24, 2.45) is 5.92 Å². The number of rotatable bonds is 8. The van der Waals surface area contributed by atoms with E-state index in [1.807, 2.05) is 44.3 Å². The number of fused-ring (bicyclic) bond motifs is 1. The molecule has 0 radical (unpaired) electrons. The third-order valence-corrected chi connectivity index (χ3v) is 5.06. The van der Waals surface area contributed by atoms with E-state index in [0.29, 0.717) is 18.1 Å². The van der Waals surface area contributed by atoms with Crippen molar-refractivity contribution in [3.05, 3.63) is 70.8 Å². The van der Waals surface area contributed by atoms with Crippen LogP contribution < -0.4 is 5.32 Å². The number of benzene rings is 1. The average molecular weight is 381 g/mol. The van der Waals surface area contributed by atoms with Gasteiger partial charge in [-0.15, -0.1) is 0 Å².